The summed E-state index contributed by atoms with van der Waals surface area (Å²) in [6.45, 7) is 4.47. The van der Waals surface area contributed by atoms with Gasteiger partial charge in [0.2, 0.25) is 5.91 Å². The largest absolute Gasteiger partial charge is 0.377 e. The van der Waals surface area contributed by atoms with Gasteiger partial charge in [0, 0.05) is 24.6 Å². The number of amides is 1. The van der Waals surface area contributed by atoms with Gasteiger partial charge in [-0.3, -0.25) is 9.69 Å². The van der Waals surface area contributed by atoms with Crippen molar-refractivity contribution < 1.29 is 9.53 Å². The number of hydrogen-bond donors (Lipinski definition) is 1. The highest BCUT2D eigenvalue weighted by atomic mass is 32.1. The minimum absolute atomic E-state index is 0.0690. The van der Waals surface area contributed by atoms with E-state index in [9.17, 15) is 10.1 Å². The fraction of sp³-hybridized carbons (Fsp3) is 0.667. The van der Waals surface area contributed by atoms with E-state index < -0.39 is 5.54 Å². The Morgan fingerprint density at radius 3 is 2.96 bits per heavy atom. The third-order valence-corrected chi connectivity index (χ3v) is 5.70. The number of nitrogens with one attached hydrogen (secondary N) is 1. The Labute approximate surface area is 147 Å². The molecular weight excluding hydrogens is 322 g/mol. The van der Waals surface area contributed by atoms with E-state index in [0.29, 0.717) is 12.5 Å². The second kappa shape index (κ2) is 7.64. The zero-order valence-electron chi connectivity index (χ0n) is 14.2. The lowest BCUT2D eigenvalue weighted by Gasteiger charge is -2.27. The Kier molecular flexibility index (Phi) is 5.54. The van der Waals surface area contributed by atoms with Gasteiger partial charge < -0.3 is 10.1 Å². The molecule has 3 rings (SSSR count). The van der Waals surface area contributed by atoms with Crippen molar-refractivity contribution in [3.05, 3.63) is 22.4 Å². The fourth-order valence-corrected chi connectivity index (χ4v) is 4.04. The van der Waals surface area contributed by atoms with Crippen LogP contribution in [0.15, 0.2) is 17.5 Å². The van der Waals surface area contributed by atoms with Crippen molar-refractivity contribution in [2.24, 2.45) is 5.92 Å². The van der Waals surface area contributed by atoms with E-state index in [1.54, 1.807) is 11.3 Å². The Balaban J connectivity index is 1.59. The minimum Gasteiger partial charge on any atom is -0.377 e. The fourth-order valence-electron chi connectivity index (χ4n) is 3.30. The maximum Gasteiger partial charge on any atom is 0.235 e. The predicted octanol–water partition coefficient (Wildman–Crippen LogP) is 2.54. The second-order valence-electron chi connectivity index (χ2n) is 7.02. The number of rotatable bonds is 8. The molecule has 0 aromatic carbocycles. The molecule has 2 fully saturated rings. The number of ether oxygens (including phenoxy) is 1. The standard InChI is InChI=1S/C18H25N3O2S/c1-18(13-19,14-6-7-14)20-17(22)12-21(10-15-4-2-8-23-15)11-16-5-3-9-24-16/h3,5,9,14-15H,2,4,6-8,10-12H2,1H3,(H,20,22). The van der Waals surface area contributed by atoms with E-state index in [0.717, 1.165) is 45.4 Å². The first-order chi connectivity index (χ1) is 11.6. The van der Waals surface area contributed by atoms with Gasteiger partial charge in [-0.1, -0.05) is 6.07 Å². The number of thiophene rings is 1. The molecule has 1 saturated carbocycles. The Hall–Kier alpha value is -1.42. The number of nitrogens with zero attached hydrogens (tertiary/aromatic N) is 2. The molecule has 24 heavy (non-hydrogen) atoms. The summed E-state index contributed by atoms with van der Waals surface area (Å²) < 4.78 is 5.73. The molecule has 1 aliphatic carbocycles. The van der Waals surface area contributed by atoms with Crippen LogP contribution in [0.5, 0.6) is 0 Å². The zero-order chi connectivity index (χ0) is 17.0. The van der Waals surface area contributed by atoms with Crippen molar-refractivity contribution in [1.82, 2.24) is 10.2 Å². The summed E-state index contributed by atoms with van der Waals surface area (Å²) in [5.74, 6) is 0.232. The van der Waals surface area contributed by atoms with Crippen LogP contribution in [-0.4, -0.2) is 42.1 Å². The van der Waals surface area contributed by atoms with Crippen LogP contribution >= 0.6 is 11.3 Å². The molecule has 1 aromatic heterocycles. The van der Waals surface area contributed by atoms with E-state index in [1.165, 1.54) is 4.88 Å². The van der Waals surface area contributed by atoms with Crippen LogP contribution in [-0.2, 0) is 16.1 Å². The van der Waals surface area contributed by atoms with Gasteiger partial charge in [0.15, 0.2) is 0 Å². The molecule has 6 heteroatoms. The van der Waals surface area contributed by atoms with Crippen LogP contribution in [0.2, 0.25) is 0 Å². The molecule has 130 valence electrons. The van der Waals surface area contributed by atoms with Gasteiger partial charge in [-0.05, 0) is 50.0 Å². The normalized spacial score (nSPS) is 23.0. The Morgan fingerprint density at radius 1 is 1.54 bits per heavy atom. The predicted molar refractivity (Wildman–Crippen MR) is 93.5 cm³/mol. The minimum atomic E-state index is -0.727. The SMILES string of the molecule is CC(C#N)(NC(=O)CN(Cc1cccs1)CC1CCCO1)C1CC1. The molecule has 2 unspecified atom stereocenters. The average Bonchev–Trinajstić information content (AvgIpc) is 3.07. The second-order valence-corrected chi connectivity index (χ2v) is 8.05. The highest BCUT2D eigenvalue weighted by Gasteiger charge is 2.43. The molecule has 0 radical (unpaired) electrons. The number of carbonyl (C=O) groups is 1. The Morgan fingerprint density at radius 2 is 2.38 bits per heavy atom. The summed E-state index contributed by atoms with van der Waals surface area (Å²) in [5.41, 5.74) is -0.727. The zero-order valence-corrected chi connectivity index (χ0v) is 15.0. The van der Waals surface area contributed by atoms with E-state index in [2.05, 4.69) is 27.7 Å². The summed E-state index contributed by atoms with van der Waals surface area (Å²) >= 11 is 1.70. The molecule has 2 aliphatic rings. The van der Waals surface area contributed by atoms with Crippen molar-refractivity contribution in [3.8, 4) is 6.07 Å². The highest BCUT2D eigenvalue weighted by Crippen LogP contribution is 2.39. The van der Waals surface area contributed by atoms with Gasteiger partial charge in [0.05, 0.1) is 18.7 Å². The summed E-state index contributed by atoms with van der Waals surface area (Å²) in [5, 5.41) is 14.4. The lowest BCUT2D eigenvalue weighted by atomic mass is 9.98. The molecule has 1 saturated heterocycles. The van der Waals surface area contributed by atoms with E-state index in [-0.39, 0.29) is 12.0 Å². The van der Waals surface area contributed by atoms with Crippen molar-refractivity contribution in [3.63, 3.8) is 0 Å². The first-order valence-electron chi connectivity index (χ1n) is 8.67. The van der Waals surface area contributed by atoms with Gasteiger partial charge in [-0.25, -0.2) is 0 Å². The van der Waals surface area contributed by atoms with Crippen molar-refractivity contribution in [2.75, 3.05) is 19.7 Å². The van der Waals surface area contributed by atoms with Crippen LogP contribution in [0.3, 0.4) is 0 Å². The summed E-state index contributed by atoms with van der Waals surface area (Å²) in [6, 6.07) is 6.41. The average molecular weight is 347 g/mol. The number of carbonyl (C=O) groups excluding carboxylic acids is 1. The van der Waals surface area contributed by atoms with Crippen LogP contribution in [0, 0.1) is 17.2 Å². The Bertz CT molecular complexity index is 588. The molecular formula is C18H25N3O2S. The lowest BCUT2D eigenvalue weighted by molar-refractivity contribution is -0.124. The van der Waals surface area contributed by atoms with Crippen LogP contribution in [0.25, 0.3) is 0 Å². The number of hydrogen-bond acceptors (Lipinski definition) is 5. The molecule has 1 aliphatic heterocycles. The van der Waals surface area contributed by atoms with E-state index >= 15 is 0 Å². The smallest absolute Gasteiger partial charge is 0.235 e. The molecule has 5 nitrogen and oxygen atoms in total. The maximum absolute atomic E-state index is 12.5. The quantitative estimate of drug-likeness (QED) is 0.785. The summed E-state index contributed by atoms with van der Waals surface area (Å²) in [6.07, 6.45) is 4.42. The highest BCUT2D eigenvalue weighted by molar-refractivity contribution is 7.09. The van der Waals surface area contributed by atoms with E-state index in [1.807, 2.05) is 13.0 Å². The molecule has 1 aromatic rings. The summed E-state index contributed by atoms with van der Waals surface area (Å²) in [7, 11) is 0. The molecule has 2 heterocycles. The first-order valence-corrected chi connectivity index (χ1v) is 9.55. The monoisotopic (exact) mass is 347 g/mol. The van der Waals surface area contributed by atoms with Gasteiger partial charge in [0.25, 0.3) is 0 Å². The summed E-state index contributed by atoms with van der Waals surface area (Å²) in [4.78, 5) is 15.9. The molecule has 1 N–H and O–H groups in total. The van der Waals surface area contributed by atoms with Crippen LogP contribution in [0.4, 0.5) is 0 Å². The van der Waals surface area contributed by atoms with Crippen molar-refractivity contribution in [2.45, 2.75) is 50.8 Å². The number of nitriles is 1. The molecule has 1 amide bonds. The van der Waals surface area contributed by atoms with Crippen LogP contribution < -0.4 is 5.32 Å². The third kappa shape index (κ3) is 4.56. The topological polar surface area (TPSA) is 65.4 Å². The van der Waals surface area contributed by atoms with Gasteiger partial charge in [0.1, 0.15) is 5.54 Å². The van der Waals surface area contributed by atoms with Crippen molar-refractivity contribution in [1.29, 1.82) is 5.26 Å². The van der Waals surface area contributed by atoms with Gasteiger partial charge in [-0.15, -0.1) is 11.3 Å². The molecule has 0 spiro atoms. The van der Waals surface area contributed by atoms with Crippen molar-refractivity contribution >= 4 is 17.2 Å². The molecule has 2 atom stereocenters. The van der Waals surface area contributed by atoms with Gasteiger partial charge in [-0.2, -0.15) is 5.26 Å². The molecule has 0 bridgehead atoms. The third-order valence-electron chi connectivity index (χ3n) is 4.84. The lowest BCUT2D eigenvalue weighted by Crippen LogP contribution is -2.50. The van der Waals surface area contributed by atoms with Gasteiger partial charge >= 0.3 is 0 Å². The van der Waals surface area contributed by atoms with E-state index in [4.69, 9.17) is 4.74 Å². The van der Waals surface area contributed by atoms with Crippen LogP contribution in [0.1, 0.15) is 37.5 Å². The first kappa shape index (κ1) is 17.4. The maximum atomic E-state index is 12.5.